The molecule has 34 heavy (non-hydrogen) atoms. The number of carbonyl (C=O) groups is 3. The first-order valence-electron chi connectivity index (χ1n) is 11.8. The Kier molecular flexibility index (Phi) is 5.86. The highest BCUT2D eigenvalue weighted by molar-refractivity contribution is 6.23. The van der Waals surface area contributed by atoms with Crippen LogP contribution in [0.5, 0.6) is 11.5 Å². The SMILES string of the molecule is CC(C)C[C@@H](C(=O)/C=C1\NCCc2cc3c(cc21)OCCCO3)N1C(=O)c2ccccc2C1=O. The highest BCUT2D eigenvalue weighted by Crippen LogP contribution is 2.37. The predicted octanol–water partition coefficient (Wildman–Crippen LogP) is 3.61. The van der Waals surface area contributed by atoms with Gasteiger partial charge in [-0.15, -0.1) is 0 Å². The Bertz CT molecular complexity index is 1160. The van der Waals surface area contributed by atoms with E-state index in [1.807, 2.05) is 26.0 Å². The van der Waals surface area contributed by atoms with Crippen molar-refractivity contribution in [1.29, 1.82) is 0 Å². The minimum atomic E-state index is -0.868. The van der Waals surface area contributed by atoms with Crippen molar-refractivity contribution < 1.29 is 23.9 Å². The molecular formula is C27H28N2O5. The summed E-state index contributed by atoms with van der Waals surface area (Å²) in [4.78, 5) is 41.0. The van der Waals surface area contributed by atoms with E-state index in [4.69, 9.17) is 9.47 Å². The maximum absolute atomic E-state index is 13.6. The molecule has 3 aliphatic heterocycles. The quantitative estimate of drug-likeness (QED) is 0.542. The lowest BCUT2D eigenvalue weighted by atomic mass is 9.93. The van der Waals surface area contributed by atoms with E-state index in [2.05, 4.69) is 5.32 Å². The number of hydrogen-bond acceptors (Lipinski definition) is 6. The predicted molar refractivity (Wildman–Crippen MR) is 127 cm³/mol. The van der Waals surface area contributed by atoms with Crippen LogP contribution >= 0.6 is 0 Å². The number of benzene rings is 2. The van der Waals surface area contributed by atoms with Crippen LogP contribution in [0.25, 0.3) is 5.70 Å². The topological polar surface area (TPSA) is 84.9 Å². The molecule has 0 unspecified atom stereocenters. The van der Waals surface area contributed by atoms with Gasteiger partial charge in [0, 0.05) is 30.3 Å². The van der Waals surface area contributed by atoms with Crippen LogP contribution in [-0.2, 0) is 11.2 Å². The van der Waals surface area contributed by atoms with Crippen molar-refractivity contribution in [2.75, 3.05) is 19.8 Å². The fraction of sp³-hybridized carbons (Fsp3) is 0.370. The second-order valence-electron chi connectivity index (χ2n) is 9.31. The number of fused-ring (bicyclic) bond motifs is 3. The zero-order valence-electron chi connectivity index (χ0n) is 19.4. The van der Waals surface area contributed by atoms with Gasteiger partial charge >= 0.3 is 0 Å². The second-order valence-corrected chi connectivity index (χ2v) is 9.31. The standard InChI is InChI=1S/C27H28N2O5/c1-16(2)12-22(29-26(31)18-6-3-4-7-19(18)27(29)32)23(30)15-21-20-14-25-24(33-10-5-11-34-25)13-17(20)8-9-28-21/h3-4,6-7,13-16,22,28H,5,8-12H2,1-2H3/b21-15-/t22-/m0/s1. The van der Waals surface area contributed by atoms with Crippen molar-refractivity contribution in [3.05, 3.63) is 64.7 Å². The van der Waals surface area contributed by atoms with Gasteiger partial charge in [-0.2, -0.15) is 0 Å². The van der Waals surface area contributed by atoms with Crippen molar-refractivity contribution in [2.45, 2.75) is 39.2 Å². The average molecular weight is 461 g/mol. The summed E-state index contributed by atoms with van der Waals surface area (Å²) in [5.41, 5.74) is 3.33. The highest BCUT2D eigenvalue weighted by Gasteiger charge is 2.42. The van der Waals surface area contributed by atoms with Crippen molar-refractivity contribution in [2.24, 2.45) is 5.92 Å². The number of amides is 2. The van der Waals surface area contributed by atoms with Crippen LogP contribution in [0.1, 0.15) is 58.5 Å². The molecule has 5 rings (SSSR count). The first-order valence-corrected chi connectivity index (χ1v) is 11.8. The Hall–Kier alpha value is -3.61. The molecule has 0 aromatic heterocycles. The van der Waals surface area contributed by atoms with Gasteiger partial charge in [-0.3, -0.25) is 19.3 Å². The summed E-state index contributed by atoms with van der Waals surface area (Å²) in [6.45, 7) is 5.82. The normalized spacial score (nSPS) is 18.9. The molecule has 0 bridgehead atoms. The number of ketones is 1. The van der Waals surface area contributed by atoms with E-state index >= 15 is 0 Å². The van der Waals surface area contributed by atoms with Gasteiger partial charge in [0.1, 0.15) is 6.04 Å². The molecule has 0 radical (unpaired) electrons. The Labute approximate surface area is 198 Å². The van der Waals surface area contributed by atoms with Crippen LogP contribution < -0.4 is 14.8 Å². The Morgan fingerprint density at radius 2 is 1.68 bits per heavy atom. The summed E-state index contributed by atoms with van der Waals surface area (Å²) in [5, 5.41) is 3.32. The molecule has 3 heterocycles. The zero-order valence-corrected chi connectivity index (χ0v) is 19.4. The lowest BCUT2D eigenvalue weighted by Gasteiger charge is -2.27. The molecule has 176 valence electrons. The molecule has 2 aromatic carbocycles. The van der Waals surface area contributed by atoms with Gasteiger partial charge in [-0.05, 0) is 48.6 Å². The Balaban J connectivity index is 1.50. The van der Waals surface area contributed by atoms with E-state index in [-0.39, 0.29) is 11.7 Å². The fourth-order valence-electron chi connectivity index (χ4n) is 4.79. The van der Waals surface area contributed by atoms with Crippen LogP contribution in [0.2, 0.25) is 0 Å². The maximum Gasteiger partial charge on any atom is 0.262 e. The molecule has 1 atom stereocenters. The number of nitrogens with one attached hydrogen (secondary N) is 1. The van der Waals surface area contributed by atoms with Crippen LogP contribution in [-0.4, -0.2) is 48.3 Å². The van der Waals surface area contributed by atoms with Crippen LogP contribution in [0.15, 0.2) is 42.5 Å². The minimum Gasteiger partial charge on any atom is -0.490 e. The molecule has 0 saturated carbocycles. The average Bonchev–Trinajstić information content (AvgIpc) is 2.95. The third-order valence-corrected chi connectivity index (χ3v) is 6.42. The molecular weight excluding hydrogens is 432 g/mol. The summed E-state index contributed by atoms with van der Waals surface area (Å²) in [7, 11) is 0. The van der Waals surface area contributed by atoms with Gasteiger partial charge in [-0.1, -0.05) is 26.0 Å². The van der Waals surface area contributed by atoms with Crippen molar-refractivity contribution >= 4 is 23.3 Å². The number of hydrogen-bond donors (Lipinski definition) is 1. The van der Waals surface area contributed by atoms with Crippen LogP contribution in [0.3, 0.4) is 0 Å². The van der Waals surface area contributed by atoms with Crippen LogP contribution in [0.4, 0.5) is 0 Å². The van der Waals surface area contributed by atoms with Gasteiger partial charge in [0.25, 0.3) is 11.8 Å². The summed E-state index contributed by atoms with van der Waals surface area (Å²) >= 11 is 0. The number of ether oxygens (including phenoxy) is 2. The summed E-state index contributed by atoms with van der Waals surface area (Å²) in [6.07, 6.45) is 3.54. The molecule has 0 spiro atoms. The first kappa shape index (κ1) is 22.2. The van der Waals surface area contributed by atoms with Crippen LogP contribution in [0, 0.1) is 5.92 Å². The molecule has 0 saturated heterocycles. The largest absolute Gasteiger partial charge is 0.490 e. The minimum absolute atomic E-state index is 0.115. The summed E-state index contributed by atoms with van der Waals surface area (Å²) in [5.74, 6) is 0.414. The van der Waals surface area contributed by atoms with Crippen molar-refractivity contribution in [3.63, 3.8) is 0 Å². The summed E-state index contributed by atoms with van der Waals surface area (Å²) < 4.78 is 11.7. The molecule has 2 aromatic rings. The van der Waals surface area contributed by atoms with Gasteiger partial charge in [-0.25, -0.2) is 0 Å². The number of imide groups is 1. The van der Waals surface area contributed by atoms with Gasteiger partial charge < -0.3 is 14.8 Å². The Morgan fingerprint density at radius 1 is 1.03 bits per heavy atom. The third kappa shape index (κ3) is 3.95. The van der Waals surface area contributed by atoms with E-state index < -0.39 is 17.9 Å². The monoisotopic (exact) mass is 460 g/mol. The van der Waals surface area contributed by atoms with Gasteiger partial charge in [0.2, 0.25) is 0 Å². The van der Waals surface area contributed by atoms with E-state index in [0.29, 0.717) is 48.8 Å². The molecule has 7 nitrogen and oxygen atoms in total. The molecule has 1 N–H and O–H groups in total. The smallest absolute Gasteiger partial charge is 0.262 e. The second kappa shape index (κ2) is 8.97. The van der Waals surface area contributed by atoms with E-state index in [1.165, 1.54) is 0 Å². The lowest BCUT2D eigenvalue weighted by molar-refractivity contribution is -0.118. The van der Waals surface area contributed by atoms with Crippen molar-refractivity contribution in [3.8, 4) is 11.5 Å². The highest BCUT2D eigenvalue weighted by atomic mass is 16.5. The Morgan fingerprint density at radius 3 is 2.32 bits per heavy atom. The molecule has 3 aliphatic rings. The molecule has 0 aliphatic carbocycles. The molecule has 0 fully saturated rings. The third-order valence-electron chi connectivity index (χ3n) is 6.42. The van der Waals surface area contributed by atoms with Gasteiger partial charge in [0.05, 0.1) is 24.3 Å². The molecule has 7 heteroatoms. The number of carbonyl (C=O) groups excluding carboxylic acids is 3. The summed E-state index contributed by atoms with van der Waals surface area (Å²) in [6, 6.07) is 9.77. The molecule has 2 amide bonds. The van der Waals surface area contributed by atoms with E-state index in [1.54, 1.807) is 30.3 Å². The maximum atomic E-state index is 13.6. The number of rotatable bonds is 5. The fourth-order valence-corrected chi connectivity index (χ4v) is 4.79. The van der Waals surface area contributed by atoms with E-state index in [0.717, 1.165) is 34.6 Å². The van der Waals surface area contributed by atoms with Crippen molar-refractivity contribution in [1.82, 2.24) is 10.2 Å². The first-order chi connectivity index (χ1) is 16.4. The van der Waals surface area contributed by atoms with Gasteiger partial charge in [0.15, 0.2) is 17.3 Å². The zero-order chi connectivity index (χ0) is 23.8. The number of nitrogens with zero attached hydrogens (tertiary/aromatic N) is 1. The lowest BCUT2D eigenvalue weighted by Crippen LogP contribution is -2.45. The van der Waals surface area contributed by atoms with E-state index in [9.17, 15) is 14.4 Å².